The number of hydrogen-bond donors (Lipinski definition) is 1. The Balaban J connectivity index is 2.12. The molecule has 0 radical (unpaired) electrons. The fourth-order valence-electron chi connectivity index (χ4n) is 1.41. The van der Waals surface area contributed by atoms with Crippen molar-refractivity contribution in [3.63, 3.8) is 0 Å². The molecule has 2 rings (SSSR count). The lowest BCUT2D eigenvalue weighted by Gasteiger charge is -2.09. The molecule has 0 saturated heterocycles. The van der Waals surface area contributed by atoms with E-state index >= 15 is 0 Å². The highest BCUT2D eigenvalue weighted by Crippen LogP contribution is 2.11. The van der Waals surface area contributed by atoms with E-state index in [0.29, 0.717) is 12.5 Å². The van der Waals surface area contributed by atoms with Gasteiger partial charge in [0.1, 0.15) is 0 Å². The van der Waals surface area contributed by atoms with E-state index in [1.54, 1.807) is 12.5 Å². The van der Waals surface area contributed by atoms with E-state index in [-0.39, 0.29) is 5.25 Å². The van der Waals surface area contributed by atoms with Crippen LogP contribution < -0.4 is 5.32 Å². The first-order valence-corrected chi connectivity index (χ1v) is 7.07. The van der Waals surface area contributed by atoms with Crippen LogP contribution in [-0.2, 0) is 10.8 Å². The fraction of sp³-hybridized carbons (Fsp3) is 0.333. The van der Waals surface area contributed by atoms with Gasteiger partial charge in [0.05, 0.1) is 5.52 Å². The molecule has 4 nitrogen and oxygen atoms in total. The SMILES string of the molecule is CC(CNc1ncc2ccccc2n1)S(C)=O. The van der Waals surface area contributed by atoms with Gasteiger partial charge in [-0.25, -0.2) is 9.97 Å². The molecular formula is C12H15N3OS. The van der Waals surface area contributed by atoms with Gasteiger partial charge in [-0.1, -0.05) is 18.2 Å². The number of hydrogen-bond acceptors (Lipinski definition) is 4. The summed E-state index contributed by atoms with van der Waals surface area (Å²) < 4.78 is 11.2. The summed E-state index contributed by atoms with van der Waals surface area (Å²) in [6.07, 6.45) is 3.49. The third-order valence-corrected chi connectivity index (χ3v) is 3.90. The molecule has 1 aromatic heterocycles. The first-order chi connectivity index (χ1) is 8.16. The van der Waals surface area contributed by atoms with Crippen LogP contribution in [0.15, 0.2) is 30.5 Å². The van der Waals surface area contributed by atoms with Crippen molar-refractivity contribution in [3.05, 3.63) is 30.5 Å². The van der Waals surface area contributed by atoms with E-state index < -0.39 is 10.8 Å². The lowest BCUT2D eigenvalue weighted by molar-refractivity contribution is 0.678. The van der Waals surface area contributed by atoms with Crippen molar-refractivity contribution in [2.45, 2.75) is 12.2 Å². The van der Waals surface area contributed by atoms with Crippen molar-refractivity contribution in [1.82, 2.24) is 9.97 Å². The zero-order valence-electron chi connectivity index (χ0n) is 9.88. The number of fused-ring (bicyclic) bond motifs is 1. The Morgan fingerprint density at radius 3 is 2.94 bits per heavy atom. The molecule has 2 atom stereocenters. The summed E-state index contributed by atoms with van der Waals surface area (Å²) in [5.41, 5.74) is 0.912. The number of anilines is 1. The predicted molar refractivity (Wildman–Crippen MR) is 71.6 cm³/mol. The zero-order valence-corrected chi connectivity index (χ0v) is 10.7. The topological polar surface area (TPSA) is 54.9 Å². The molecule has 0 aliphatic heterocycles. The van der Waals surface area contributed by atoms with Crippen LogP contribution in [0.1, 0.15) is 6.92 Å². The van der Waals surface area contributed by atoms with E-state index in [2.05, 4.69) is 15.3 Å². The molecule has 1 N–H and O–H groups in total. The van der Waals surface area contributed by atoms with Crippen molar-refractivity contribution < 1.29 is 4.21 Å². The molecule has 1 heterocycles. The number of aromatic nitrogens is 2. The normalized spacial score (nSPS) is 14.5. The van der Waals surface area contributed by atoms with Crippen LogP contribution in [0.25, 0.3) is 10.9 Å². The first kappa shape index (κ1) is 12.0. The molecule has 1 aromatic carbocycles. The second kappa shape index (κ2) is 5.23. The van der Waals surface area contributed by atoms with Gasteiger partial charge in [0.15, 0.2) is 0 Å². The van der Waals surface area contributed by atoms with Crippen LogP contribution in [0, 0.1) is 0 Å². The minimum Gasteiger partial charge on any atom is -0.353 e. The third kappa shape index (κ3) is 3.00. The highest BCUT2D eigenvalue weighted by molar-refractivity contribution is 7.84. The summed E-state index contributed by atoms with van der Waals surface area (Å²) in [5.74, 6) is 0.584. The van der Waals surface area contributed by atoms with Crippen LogP contribution in [-0.4, -0.2) is 32.2 Å². The highest BCUT2D eigenvalue weighted by atomic mass is 32.2. The average molecular weight is 249 g/mol. The lowest BCUT2D eigenvalue weighted by Crippen LogP contribution is -2.21. The minimum absolute atomic E-state index is 0.0880. The fourth-order valence-corrected chi connectivity index (χ4v) is 1.73. The standard InChI is InChI=1S/C12H15N3OS/c1-9(17(2)16)7-13-12-14-8-10-5-3-4-6-11(10)15-12/h3-6,8-9H,7H2,1-2H3,(H,13,14,15). The molecule has 0 amide bonds. The smallest absolute Gasteiger partial charge is 0.223 e. The van der Waals surface area contributed by atoms with E-state index in [9.17, 15) is 4.21 Å². The maximum Gasteiger partial charge on any atom is 0.223 e. The Hall–Kier alpha value is -1.49. The average Bonchev–Trinajstić information content (AvgIpc) is 2.35. The van der Waals surface area contributed by atoms with Gasteiger partial charge in [-0.05, 0) is 13.0 Å². The molecular weight excluding hydrogens is 234 g/mol. The quantitative estimate of drug-likeness (QED) is 0.898. The Labute approximate surface area is 103 Å². The van der Waals surface area contributed by atoms with E-state index in [1.807, 2.05) is 31.2 Å². The molecule has 2 aromatic rings. The van der Waals surface area contributed by atoms with Crippen molar-refractivity contribution in [2.24, 2.45) is 0 Å². The molecule has 0 bridgehead atoms. The highest BCUT2D eigenvalue weighted by Gasteiger charge is 2.06. The molecule has 0 saturated carbocycles. The Morgan fingerprint density at radius 2 is 2.18 bits per heavy atom. The van der Waals surface area contributed by atoms with Gasteiger partial charge in [0.25, 0.3) is 0 Å². The van der Waals surface area contributed by atoms with Crippen LogP contribution in [0.3, 0.4) is 0 Å². The second-order valence-corrected chi connectivity index (χ2v) is 5.74. The van der Waals surface area contributed by atoms with Gasteiger partial charge in [-0.3, -0.25) is 4.21 Å². The van der Waals surface area contributed by atoms with E-state index in [0.717, 1.165) is 10.9 Å². The third-order valence-electron chi connectivity index (χ3n) is 2.60. The summed E-state index contributed by atoms with van der Waals surface area (Å²) in [6.45, 7) is 2.55. The van der Waals surface area contributed by atoms with E-state index in [1.165, 1.54) is 0 Å². The molecule has 0 aliphatic carbocycles. The summed E-state index contributed by atoms with van der Waals surface area (Å²) in [5, 5.41) is 4.21. The number of para-hydroxylation sites is 1. The number of nitrogens with one attached hydrogen (secondary N) is 1. The van der Waals surface area contributed by atoms with Crippen LogP contribution in [0.5, 0.6) is 0 Å². The predicted octanol–water partition coefficient (Wildman–Crippen LogP) is 1.81. The summed E-state index contributed by atoms with van der Waals surface area (Å²) >= 11 is 0. The number of rotatable bonds is 4. The summed E-state index contributed by atoms with van der Waals surface area (Å²) in [4.78, 5) is 8.60. The maximum atomic E-state index is 11.2. The van der Waals surface area contributed by atoms with Gasteiger partial charge in [-0.15, -0.1) is 0 Å². The van der Waals surface area contributed by atoms with Gasteiger partial charge >= 0.3 is 0 Å². The second-order valence-electron chi connectivity index (χ2n) is 3.94. The monoisotopic (exact) mass is 249 g/mol. The van der Waals surface area contributed by atoms with Crippen LogP contribution >= 0.6 is 0 Å². The Kier molecular flexibility index (Phi) is 3.68. The van der Waals surface area contributed by atoms with Gasteiger partial charge in [-0.2, -0.15) is 0 Å². The summed E-state index contributed by atoms with van der Waals surface area (Å²) in [7, 11) is -0.829. The molecule has 5 heteroatoms. The first-order valence-electron chi connectivity index (χ1n) is 5.44. The lowest BCUT2D eigenvalue weighted by atomic mass is 10.2. The Bertz CT molecular complexity index is 544. The maximum absolute atomic E-state index is 11.2. The molecule has 0 aliphatic rings. The van der Waals surface area contributed by atoms with Crippen molar-refractivity contribution >= 4 is 27.7 Å². The molecule has 90 valence electrons. The summed E-state index contributed by atoms with van der Waals surface area (Å²) in [6, 6.07) is 7.83. The minimum atomic E-state index is -0.829. The zero-order chi connectivity index (χ0) is 12.3. The molecule has 2 unspecified atom stereocenters. The molecule has 0 spiro atoms. The van der Waals surface area contributed by atoms with E-state index in [4.69, 9.17) is 0 Å². The van der Waals surface area contributed by atoms with Crippen LogP contribution in [0.2, 0.25) is 0 Å². The number of benzene rings is 1. The Morgan fingerprint density at radius 1 is 1.41 bits per heavy atom. The van der Waals surface area contributed by atoms with Crippen molar-refractivity contribution in [3.8, 4) is 0 Å². The van der Waals surface area contributed by atoms with Crippen molar-refractivity contribution in [1.29, 1.82) is 0 Å². The van der Waals surface area contributed by atoms with Crippen LogP contribution in [0.4, 0.5) is 5.95 Å². The van der Waals surface area contributed by atoms with Gasteiger partial charge in [0.2, 0.25) is 5.95 Å². The number of nitrogens with zero attached hydrogens (tertiary/aromatic N) is 2. The largest absolute Gasteiger partial charge is 0.353 e. The van der Waals surface area contributed by atoms with Gasteiger partial charge < -0.3 is 5.32 Å². The molecule has 17 heavy (non-hydrogen) atoms. The van der Waals surface area contributed by atoms with Gasteiger partial charge in [0, 0.05) is 40.4 Å². The van der Waals surface area contributed by atoms with Crippen molar-refractivity contribution in [2.75, 3.05) is 18.1 Å². The molecule has 0 fully saturated rings.